The molecule has 13 heavy (non-hydrogen) atoms. The van der Waals surface area contributed by atoms with Crippen molar-refractivity contribution in [2.45, 2.75) is 26.8 Å². The number of fused-ring (bicyclic) bond motifs is 1. The van der Waals surface area contributed by atoms with Crippen molar-refractivity contribution < 1.29 is 4.42 Å². The predicted octanol–water partition coefficient (Wildman–Crippen LogP) is 1.73. The van der Waals surface area contributed by atoms with Gasteiger partial charge in [-0.15, -0.1) is 0 Å². The molecule has 1 aliphatic heterocycles. The van der Waals surface area contributed by atoms with Crippen LogP contribution in [-0.2, 0) is 0 Å². The van der Waals surface area contributed by atoms with Crippen LogP contribution in [0.2, 0.25) is 0 Å². The molecule has 1 aromatic rings. The van der Waals surface area contributed by atoms with E-state index in [9.17, 15) is 0 Å². The van der Waals surface area contributed by atoms with Gasteiger partial charge < -0.3 is 9.73 Å². The first-order valence-corrected chi connectivity index (χ1v) is 4.49. The van der Waals surface area contributed by atoms with Gasteiger partial charge >= 0.3 is 0 Å². The van der Waals surface area contributed by atoms with Crippen LogP contribution in [0.15, 0.2) is 10.8 Å². The van der Waals surface area contributed by atoms with Gasteiger partial charge in [0.2, 0.25) is 5.88 Å². The Bertz CT molecular complexity index is 300. The maximum absolute atomic E-state index is 5.22. The van der Waals surface area contributed by atoms with Crippen LogP contribution < -0.4 is 10.6 Å². The molecule has 4 heteroatoms. The average Bonchev–Trinajstić information content (AvgIpc) is 2.48. The summed E-state index contributed by atoms with van der Waals surface area (Å²) < 4.78 is 5.22. The smallest absolute Gasteiger partial charge is 0.219 e. The van der Waals surface area contributed by atoms with Crippen LogP contribution in [-0.4, -0.2) is 11.7 Å². The number of anilines is 1. The zero-order valence-corrected chi connectivity index (χ0v) is 8.22. The van der Waals surface area contributed by atoms with E-state index in [0.717, 1.165) is 18.2 Å². The molecule has 0 fully saturated rings. The Morgan fingerprint density at radius 2 is 2.31 bits per heavy atom. The third-order valence-corrected chi connectivity index (χ3v) is 2.29. The zero-order chi connectivity index (χ0) is 9.47. The van der Waals surface area contributed by atoms with Gasteiger partial charge in [0.1, 0.15) is 5.69 Å². The van der Waals surface area contributed by atoms with Crippen LogP contribution in [0.4, 0.5) is 5.88 Å². The second-order valence-corrected chi connectivity index (χ2v) is 4.42. The molecule has 1 aliphatic rings. The molecular weight excluding hydrogens is 166 g/mol. The minimum Gasteiger partial charge on any atom is -0.428 e. The largest absolute Gasteiger partial charge is 0.428 e. The molecule has 0 amide bonds. The monoisotopic (exact) mass is 181 g/mol. The van der Waals surface area contributed by atoms with Gasteiger partial charge in [-0.2, -0.15) is 0 Å². The summed E-state index contributed by atoms with van der Waals surface area (Å²) in [6.07, 6.45) is 1.49. The molecule has 1 aromatic heterocycles. The third kappa shape index (κ3) is 1.42. The Balaban J connectivity index is 2.35. The first-order chi connectivity index (χ1) is 6.09. The Morgan fingerprint density at radius 1 is 1.54 bits per heavy atom. The fourth-order valence-electron chi connectivity index (χ4n) is 1.64. The lowest BCUT2D eigenvalue weighted by Gasteiger charge is -2.33. The molecule has 72 valence electrons. The zero-order valence-electron chi connectivity index (χ0n) is 8.22. The van der Waals surface area contributed by atoms with Gasteiger partial charge in [0.15, 0.2) is 6.39 Å². The van der Waals surface area contributed by atoms with Gasteiger partial charge in [-0.3, -0.25) is 5.32 Å². The highest BCUT2D eigenvalue weighted by atomic mass is 16.4. The molecule has 0 unspecified atom stereocenters. The summed E-state index contributed by atoms with van der Waals surface area (Å²) in [6.45, 7) is 7.31. The van der Waals surface area contributed by atoms with Crippen LogP contribution in [0, 0.1) is 5.41 Å². The Hall–Kier alpha value is -1.03. The van der Waals surface area contributed by atoms with Crippen molar-refractivity contribution in [3.05, 3.63) is 12.1 Å². The number of nitrogens with zero attached hydrogens (tertiary/aromatic N) is 1. The first-order valence-electron chi connectivity index (χ1n) is 4.49. The highest BCUT2D eigenvalue weighted by molar-refractivity contribution is 5.41. The summed E-state index contributed by atoms with van der Waals surface area (Å²) >= 11 is 0. The van der Waals surface area contributed by atoms with Gasteiger partial charge in [-0.1, -0.05) is 20.8 Å². The summed E-state index contributed by atoms with van der Waals surface area (Å²) in [5.74, 6) is 0.804. The van der Waals surface area contributed by atoms with E-state index in [4.69, 9.17) is 4.42 Å². The molecule has 0 spiro atoms. The van der Waals surface area contributed by atoms with Crippen molar-refractivity contribution in [2.24, 2.45) is 5.41 Å². The van der Waals surface area contributed by atoms with Crippen LogP contribution in [0.25, 0.3) is 0 Å². The predicted molar refractivity (Wildman–Crippen MR) is 50.3 cm³/mol. The van der Waals surface area contributed by atoms with Crippen LogP contribution in [0.3, 0.4) is 0 Å². The molecule has 4 nitrogen and oxygen atoms in total. The number of aromatic nitrogens is 1. The summed E-state index contributed by atoms with van der Waals surface area (Å²) in [7, 11) is 0. The number of rotatable bonds is 0. The highest BCUT2D eigenvalue weighted by Gasteiger charge is 2.33. The molecule has 2 N–H and O–H groups in total. The lowest BCUT2D eigenvalue weighted by Crippen LogP contribution is -2.39. The number of hydrogen-bond donors (Lipinski definition) is 2. The molecule has 1 atom stereocenters. The maximum Gasteiger partial charge on any atom is 0.219 e. The minimum atomic E-state index is 0.160. The molecule has 0 radical (unpaired) electrons. The van der Waals surface area contributed by atoms with E-state index in [2.05, 4.69) is 36.4 Å². The van der Waals surface area contributed by atoms with Gasteiger partial charge in [0.05, 0.1) is 12.7 Å². The van der Waals surface area contributed by atoms with Crippen molar-refractivity contribution >= 4 is 5.88 Å². The van der Waals surface area contributed by atoms with Gasteiger partial charge in [0.25, 0.3) is 0 Å². The Kier molecular flexibility index (Phi) is 1.80. The second-order valence-electron chi connectivity index (χ2n) is 4.42. The van der Waals surface area contributed by atoms with Gasteiger partial charge in [-0.25, -0.2) is 4.98 Å². The first kappa shape index (κ1) is 8.56. The lowest BCUT2D eigenvalue weighted by molar-refractivity contribution is 0.266. The molecular formula is C9H15N3O. The maximum atomic E-state index is 5.22. The van der Waals surface area contributed by atoms with E-state index in [-0.39, 0.29) is 11.5 Å². The minimum absolute atomic E-state index is 0.160. The average molecular weight is 181 g/mol. The van der Waals surface area contributed by atoms with E-state index < -0.39 is 0 Å². The third-order valence-electron chi connectivity index (χ3n) is 2.29. The summed E-state index contributed by atoms with van der Waals surface area (Å²) in [6, 6.07) is 0.266. The molecule has 2 heterocycles. The standard InChI is InChI=1S/C9H15N3O/c1-9(2,3)7-6-8(11-4-10-7)13-5-12-6/h5,7,10-11H,4H2,1-3H3/t7-/m1/s1. The summed E-state index contributed by atoms with van der Waals surface area (Å²) in [5, 5.41) is 6.47. The van der Waals surface area contributed by atoms with Crippen molar-refractivity contribution in [1.29, 1.82) is 0 Å². The molecule has 0 saturated heterocycles. The Morgan fingerprint density at radius 3 is 3.00 bits per heavy atom. The molecule has 0 saturated carbocycles. The van der Waals surface area contributed by atoms with Crippen LogP contribution in [0.5, 0.6) is 0 Å². The van der Waals surface area contributed by atoms with E-state index in [1.165, 1.54) is 6.39 Å². The molecule has 0 bridgehead atoms. The van der Waals surface area contributed by atoms with E-state index in [1.54, 1.807) is 0 Å². The lowest BCUT2D eigenvalue weighted by atomic mass is 9.84. The summed E-state index contributed by atoms with van der Waals surface area (Å²) in [5.41, 5.74) is 1.15. The number of hydrogen-bond acceptors (Lipinski definition) is 4. The second kappa shape index (κ2) is 2.73. The van der Waals surface area contributed by atoms with E-state index in [1.807, 2.05) is 0 Å². The molecule has 2 rings (SSSR count). The molecule has 0 aliphatic carbocycles. The topological polar surface area (TPSA) is 50.1 Å². The molecule has 0 aromatic carbocycles. The van der Waals surface area contributed by atoms with E-state index >= 15 is 0 Å². The van der Waals surface area contributed by atoms with Gasteiger partial charge in [-0.05, 0) is 5.41 Å². The highest BCUT2D eigenvalue weighted by Crippen LogP contribution is 2.37. The van der Waals surface area contributed by atoms with Crippen molar-refractivity contribution in [2.75, 3.05) is 12.0 Å². The van der Waals surface area contributed by atoms with Gasteiger partial charge in [0, 0.05) is 0 Å². The quantitative estimate of drug-likeness (QED) is 0.640. The number of nitrogens with one attached hydrogen (secondary N) is 2. The Labute approximate surface area is 77.7 Å². The fraction of sp³-hybridized carbons (Fsp3) is 0.667. The van der Waals surface area contributed by atoms with Crippen LogP contribution >= 0.6 is 0 Å². The SMILES string of the molecule is CC(C)(C)[C@@H]1NCNc2ocnc21. The van der Waals surface area contributed by atoms with Crippen molar-refractivity contribution in [3.8, 4) is 0 Å². The summed E-state index contributed by atoms with van der Waals surface area (Å²) in [4.78, 5) is 4.21. The number of oxazole rings is 1. The fourth-order valence-corrected chi connectivity index (χ4v) is 1.64. The van der Waals surface area contributed by atoms with Crippen molar-refractivity contribution in [3.63, 3.8) is 0 Å². The normalized spacial score (nSPS) is 22.2. The van der Waals surface area contributed by atoms with E-state index in [0.29, 0.717) is 0 Å². The van der Waals surface area contributed by atoms with Crippen LogP contribution in [0.1, 0.15) is 32.5 Å². The van der Waals surface area contributed by atoms with Crippen molar-refractivity contribution in [1.82, 2.24) is 10.3 Å².